The molecular weight excluding hydrogens is 150 g/mol. The summed E-state index contributed by atoms with van der Waals surface area (Å²) in [6, 6.07) is 0. The molecule has 2 heteroatoms. The van der Waals surface area contributed by atoms with Crippen molar-refractivity contribution in [2.75, 3.05) is 6.54 Å². The predicted molar refractivity (Wildman–Crippen MR) is 49.7 cm³/mol. The molecule has 1 saturated heterocycles. The molecule has 0 spiro atoms. The van der Waals surface area contributed by atoms with E-state index < -0.39 is 0 Å². The average molecular weight is 167 g/mol. The Morgan fingerprint density at radius 2 is 2.42 bits per heavy atom. The molecule has 2 nitrogen and oxygen atoms in total. The molecule has 0 aromatic heterocycles. The van der Waals surface area contributed by atoms with Gasteiger partial charge in [0.05, 0.1) is 5.41 Å². The molecule has 2 unspecified atom stereocenters. The third kappa shape index (κ3) is 1.38. The minimum absolute atomic E-state index is 0.127. The molecule has 1 aliphatic heterocycles. The van der Waals surface area contributed by atoms with Crippen LogP contribution in [0.2, 0.25) is 0 Å². The van der Waals surface area contributed by atoms with Gasteiger partial charge in [0.25, 0.3) is 0 Å². The van der Waals surface area contributed by atoms with Crippen LogP contribution in [0.3, 0.4) is 0 Å². The van der Waals surface area contributed by atoms with Gasteiger partial charge in [0.2, 0.25) is 5.91 Å². The van der Waals surface area contributed by atoms with Gasteiger partial charge in [0.15, 0.2) is 0 Å². The highest BCUT2D eigenvalue weighted by Crippen LogP contribution is 2.33. The lowest BCUT2D eigenvalue weighted by Crippen LogP contribution is -2.39. The fourth-order valence-electron chi connectivity index (χ4n) is 1.62. The number of hydrogen-bond acceptors (Lipinski definition) is 1. The summed E-state index contributed by atoms with van der Waals surface area (Å²) in [6.45, 7) is 8.63. The molecular formula is C10H17NO. The Balaban J connectivity index is 2.88. The van der Waals surface area contributed by atoms with Crippen molar-refractivity contribution in [2.24, 2.45) is 11.3 Å². The van der Waals surface area contributed by atoms with Crippen LogP contribution >= 0.6 is 0 Å². The van der Waals surface area contributed by atoms with Crippen molar-refractivity contribution >= 4 is 5.91 Å². The fraction of sp³-hybridized carbons (Fsp3) is 0.700. The predicted octanol–water partition coefficient (Wildman–Crippen LogP) is 1.72. The SMILES string of the molecule is C=CC1(C)C(=O)NCCCC1C. The first-order chi connectivity index (χ1) is 5.61. The van der Waals surface area contributed by atoms with Crippen LogP contribution in [0.15, 0.2) is 12.7 Å². The van der Waals surface area contributed by atoms with Crippen molar-refractivity contribution in [3.05, 3.63) is 12.7 Å². The molecule has 1 aliphatic rings. The van der Waals surface area contributed by atoms with Gasteiger partial charge < -0.3 is 5.32 Å². The molecule has 0 aliphatic carbocycles. The van der Waals surface area contributed by atoms with Gasteiger partial charge >= 0.3 is 0 Å². The Bertz CT molecular complexity index is 200. The maximum absolute atomic E-state index is 11.6. The van der Waals surface area contributed by atoms with Crippen molar-refractivity contribution in [3.8, 4) is 0 Å². The second-order valence-corrected chi connectivity index (χ2v) is 3.79. The third-order valence-corrected chi connectivity index (χ3v) is 3.04. The average Bonchev–Trinajstić information content (AvgIpc) is 2.19. The van der Waals surface area contributed by atoms with Crippen LogP contribution in [0.1, 0.15) is 26.7 Å². The highest BCUT2D eigenvalue weighted by atomic mass is 16.2. The van der Waals surface area contributed by atoms with Gasteiger partial charge in [-0.2, -0.15) is 0 Å². The highest BCUT2D eigenvalue weighted by molar-refractivity contribution is 5.84. The maximum atomic E-state index is 11.6. The van der Waals surface area contributed by atoms with Gasteiger partial charge in [0.1, 0.15) is 0 Å². The van der Waals surface area contributed by atoms with E-state index in [1.54, 1.807) is 6.08 Å². The topological polar surface area (TPSA) is 29.1 Å². The number of rotatable bonds is 1. The molecule has 1 heterocycles. The molecule has 0 aromatic rings. The van der Waals surface area contributed by atoms with Gasteiger partial charge in [0, 0.05) is 6.54 Å². The van der Waals surface area contributed by atoms with Crippen molar-refractivity contribution in [2.45, 2.75) is 26.7 Å². The van der Waals surface area contributed by atoms with Gasteiger partial charge in [-0.3, -0.25) is 4.79 Å². The first-order valence-electron chi connectivity index (χ1n) is 4.53. The molecule has 0 bridgehead atoms. The molecule has 0 aromatic carbocycles. The van der Waals surface area contributed by atoms with Gasteiger partial charge in [-0.15, -0.1) is 6.58 Å². The normalized spacial score (nSPS) is 36.8. The number of carbonyl (C=O) groups is 1. The van der Waals surface area contributed by atoms with E-state index in [4.69, 9.17) is 0 Å². The van der Waals surface area contributed by atoms with E-state index in [9.17, 15) is 4.79 Å². The minimum Gasteiger partial charge on any atom is -0.355 e. The highest BCUT2D eigenvalue weighted by Gasteiger charge is 2.36. The van der Waals surface area contributed by atoms with Crippen molar-refractivity contribution in [3.63, 3.8) is 0 Å². The van der Waals surface area contributed by atoms with Gasteiger partial charge in [-0.1, -0.05) is 13.0 Å². The molecule has 1 fully saturated rings. The number of nitrogens with one attached hydrogen (secondary N) is 1. The Morgan fingerprint density at radius 1 is 1.75 bits per heavy atom. The van der Waals surface area contributed by atoms with Crippen molar-refractivity contribution in [1.29, 1.82) is 0 Å². The summed E-state index contributed by atoms with van der Waals surface area (Å²) in [5.41, 5.74) is -0.365. The zero-order valence-corrected chi connectivity index (χ0v) is 7.89. The fourth-order valence-corrected chi connectivity index (χ4v) is 1.62. The second kappa shape index (κ2) is 3.30. The second-order valence-electron chi connectivity index (χ2n) is 3.79. The lowest BCUT2D eigenvalue weighted by Gasteiger charge is -2.28. The molecule has 1 amide bonds. The maximum Gasteiger partial charge on any atom is 0.230 e. The van der Waals surface area contributed by atoms with E-state index in [1.807, 2.05) is 6.92 Å². The number of amides is 1. The third-order valence-electron chi connectivity index (χ3n) is 3.04. The summed E-state index contributed by atoms with van der Waals surface area (Å²) in [6.07, 6.45) is 3.95. The molecule has 1 rings (SSSR count). The summed E-state index contributed by atoms with van der Waals surface area (Å²) in [5.74, 6) is 0.528. The summed E-state index contributed by atoms with van der Waals surface area (Å²) < 4.78 is 0. The lowest BCUT2D eigenvalue weighted by atomic mass is 9.76. The molecule has 68 valence electrons. The minimum atomic E-state index is -0.365. The standard InChI is InChI=1S/C10H17NO/c1-4-10(3)8(2)6-5-7-11-9(10)12/h4,8H,1,5-7H2,2-3H3,(H,11,12). The number of hydrogen-bond donors (Lipinski definition) is 1. The molecule has 0 saturated carbocycles. The lowest BCUT2D eigenvalue weighted by molar-refractivity contribution is -0.129. The summed E-state index contributed by atoms with van der Waals surface area (Å²) >= 11 is 0. The van der Waals surface area contributed by atoms with E-state index in [-0.39, 0.29) is 11.3 Å². The van der Waals surface area contributed by atoms with E-state index >= 15 is 0 Å². The van der Waals surface area contributed by atoms with Gasteiger partial charge in [-0.25, -0.2) is 0 Å². The Labute approximate surface area is 74.0 Å². The molecule has 12 heavy (non-hydrogen) atoms. The van der Waals surface area contributed by atoms with Gasteiger partial charge in [-0.05, 0) is 25.7 Å². The quantitative estimate of drug-likeness (QED) is 0.592. The van der Waals surface area contributed by atoms with Crippen LogP contribution < -0.4 is 5.32 Å². The first kappa shape index (κ1) is 9.30. The Morgan fingerprint density at radius 3 is 3.00 bits per heavy atom. The van der Waals surface area contributed by atoms with E-state index in [0.29, 0.717) is 5.92 Å². The van der Waals surface area contributed by atoms with Crippen LogP contribution in [-0.2, 0) is 4.79 Å². The smallest absolute Gasteiger partial charge is 0.230 e. The summed E-state index contributed by atoms with van der Waals surface area (Å²) in [7, 11) is 0. The molecule has 0 radical (unpaired) electrons. The van der Waals surface area contributed by atoms with Crippen LogP contribution in [0, 0.1) is 11.3 Å². The van der Waals surface area contributed by atoms with Crippen LogP contribution in [0.4, 0.5) is 0 Å². The van der Waals surface area contributed by atoms with Crippen molar-refractivity contribution in [1.82, 2.24) is 5.32 Å². The largest absolute Gasteiger partial charge is 0.355 e. The Hall–Kier alpha value is -0.790. The van der Waals surface area contributed by atoms with E-state index in [2.05, 4.69) is 18.8 Å². The number of carbonyl (C=O) groups excluding carboxylic acids is 1. The van der Waals surface area contributed by atoms with E-state index in [0.717, 1.165) is 19.4 Å². The molecule has 2 atom stereocenters. The molecule has 1 N–H and O–H groups in total. The van der Waals surface area contributed by atoms with Crippen LogP contribution in [0.25, 0.3) is 0 Å². The Kier molecular flexibility index (Phi) is 2.55. The zero-order chi connectivity index (χ0) is 9.19. The first-order valence-corrected chi connectivity index (χ1v) is 4.53. The van der Waals surface area contributed by atoms with E-state index in [1.165, 1.54) is 0 Å². The summed E-state index contributed by atoms with van der Waals surface area (Å²) in [4.78, 5) is 11.6. The monoisotopic (exact) mass is 167 g/mol. The summed E-state index contributed by atoms with van der Waals surface area (Å²) in [5, 5.41) is 2.91. The zero-order valence-electron chi connectivity index (χ0n) is 7.89. The van der Waals surface area contributed by atoms with Crippen LogP contribution in [0.5, 0.6) is 0 Å². The van der Waals surface area contributed by atoms with Crippen LogP contribution in [-0.4, -0.2) is 12.5 Å². The van der Waals surface area contributed by atoms with Crippen molar-refractivity contribution < 1.29 is 4.79 Å².